The molecule has 1 saturated heterocycles. The van der Waals surface area contributed by atoms with E-state index in [9.17, 15) is 4.79 Å². The molecule has 1 N–H and O–H groups in total. The van der Waals surface area contributed by atoms with E-state index >= 15 is 0 Å². The maximum absolute atomic E-state index is 13.1. The van der Waals surface area contributed by atoms with Crippen molar-refractivity contribution in [2.75, 3.05) is 19.6 Å². The van der Waals surface area contributed by atoms with Crippen LogP contribution in [0.3, 0.4) is 0 Å². The lowest BCUT2D eigenvalue weighted by Gasteiger charge is -2.35. The van der Waals surface area contributed by atoms with Crippen molar-refractivity contribution in [3.05, 3.63) is 53.7 Å². The van der Waals surface area contributed by atoms with E-state index in [4.69, 9.17) is 0 Å². The van der Waals surface area contributed by atoms with Crippen LogP contribution in [0.25, 0.3) is 10.7 Å². The number of pyridine rings is 1. The van der Waals surface area contributed by atoms with Crippen molar-refractivity contribution in [3.8, 4) is 10.7 Å². The first-order valence-electron chi connectivity index (χ1n) is 8.10. The summed E-state index contributed by atoms with van der Waals surface area (Å²) in [5, 5.41) is 4.11. The summed E-state index contributed by atoms with van der Waals surface area (Å²) in [6.07, 6.45) is 7.04. The Morgan fingerprint density at radius 1 is 1.28 bits per heavy atom. The quantitative estimate of drug-likeness (QED) is 0.775. The molecule has 7 nitrogen and oxygen atoms in total. The summed E-state index contributed by atoms with van der Waals surface area (Å²) in [5.74, 6) is 0.879. The number of aromatic nitrogens is 4. The Morgan fingerprint density at radius 3 is 2.96 bits per heavy atom. The summed E-state index contributed by atoms with van der Waals surface area (Å²) in [5.41, 5.74) is 0.785. The van der Waals surface area contributed by atoms with Crippen LogP contribution in [0.5, 0.6) is 0 Å². The minimum absolute atomic E-state index is 0.00539. The average Bonchev–Trinajstić information content (AvgIpc) is 3.31. The van der Waals surface area contributed by atoms with Crippen LogP contribution in [0.4, 0.5) is 0 Å². The number of imidazole rings is 1. The molecule has 1 aliphatic heterocycles. The predicted octanol–water partition coefficient (Wildman–Crippen LogP) is 1.73. The van der Waals surface area contributed by atoms with Gasteiger partial charge >= 0.3 is 0 Å². The zero-order valence-corrected chi connectivity index (χ0v) is 14.6. The van der Waals surface area contributed by atoms with Gasteiger partial charge in [-0.3, -0.25) is 9.78 Å². The Kier molecular flexibility index (Phi) is 4.29. The van der Waals surface area contributed by atoms with E-state index in [1.807, 2.05) is 40.9 Å². The number of thiazole rings is 1. The van der Waals surface area contributed by atoms with Crippen molar-refractivity contribution in [2.45, 2.75) is 6.04 Å². The van der Waals surface area contributed by atoms with Crippen LogP contribution < -0.4 is 5.32 Å². The molecule has 128 valence electrons. The molecule has 1 unspecified atom stereocenters. The molecule has 0 bridgehead atoms. The number of amides is 1. The highest BCUT2D eigenvalue weighted by Crippen LogP contribution is 2.28. The first kappa shape index (κ1) is 15.9. The third kappa shape index (κ3) is 3.06. The summed E-state index contributed by atoms with van der Waals surface area (Å²) in [4.78, 5) is 28.7. The van der Waals surface area contributed by atoms with E-state index in [2.05, 4.69) is 20.3 Å². The Morgan fingerprint density at radius 2 is 2.20 bits per heavy atom. The van der Waals surface area contributed by atoms with Gasteiger partial charge in [0.1, 0.15) is 21.8 Å². The first-order chi connectivity index (χ1) is 12.2. The second-order valence-electron chi connectivity index (χ2n) is 5.86. The maximum Gasteiger partial charge on any atom is 0.266 e. The molecule has 25 heavy (non-hydrogen) atoms. The molecule has 4 rings (SSSR count). The minimum Gasteiger partial charge on any atom is -0.336 e. The predicted molar refractivity (Wildman–Crippen MR) is 95.2 cm³/mol. The number of carbonyl (C=O) groups excluding carboxylic acids is 1. The summed E-state index contributed by atoms with van der Waals surface area (Å²) < 4.78 is 1.96. The fraction of sp³-hybridized carbons (Fsp3) is 0.294. The summed E-state index contributed by atoms with van der Waals surface area (Å²) in [7, 11) is 1.95. The zero-order chi connectivity index (χ0) is 17.2. The monoisotopic (exact) mass is 354 g/mol. The van der Waals surface area contributed by atoms with Crippen LogP contribution in [0.2, 0.25) is 0 Å². The molecule has 0 aliphatic carbocycles. The normalized spacial score (nSPS) is 17.6. The van der Waals surface area contributed by atoms with Gasteiger partial charge in [0.25, 0.3) is 5.91 Å². The molecule has 0 radical (unpaired) electrons. The lowest BCUT2D eigenvalue weighted by Crippen LogP contribution is -2.49. The first-order valence-corrected chi connectivity index (χ1v) is 8.92. The third-order valence-corrected chi connectivity index (χ3v) is 5.27. The molecule has 3 aromatic heterocycles. The molecule has 1 fully saturated rings. The Hall–Kier alpha value is -2.58. The molecule has 1 aliphatic rings. The van der Waals surface area contributed by atoms with Crippen LogP contribution >= 0.6 is 11.3 Å². The third-order valence-electron chi connectivity index (χ3n) is 4.26. The van der Waals surface area contributed by atoms with E-state index < -0.39 is 0 Å². The van der Waals surface area contributed by atoms with Gasteiger partial charge in [0.2, 0.25) is 0 Å². The number of nitrogens with zero attached hydrogens (tertiary/aromatic N) is 5. The second-order valence-corrected chi connectivity index (χ2v) is 6.89. The van der Waals surface area contributed by atoms with Gasteiger partial charge in [-0.15, -0.1) is 11.3 Å². The van der Waals surface area contributed by atoms with E-state index in [1.54, 1.807) is 18.6 Å². The Balaban J connectivity index is 1.61. The zero-order valence-electron chi connectivity index (χ0n) is 13.8. The van der Waals surface area contributed by atoms with Crippen molar-refractivity contribution in [3.63, 3.8) is 0 Å². The van der Waals surface area contributed by atoms with Crippen molar-refractivity contribution >= 4 is 17.2 Å². The number of rotatable bonds is 3. The van der Waals surface area contributed by atoms with Crippen LogP contribution in [0.15, 0.2) is 43.0 Å². The number of carbonyl (C=O) groups is 1. The Labute approximate surface area is 149 Å². The molecule has 0 spiro atoms. The van der Waals surface area contributed by atoms with Gasteiger partial charge < -0.3 is 14.8 Å². The van der Waals surface area contributed by atoms with Gasteiger partial charge in [-0.05, 0) is 12.1 Å². The molecular weight excluding hydrogens is 336 g/mol. The highest BCUT2D eigenvalue weighted by atomic mass is 32.1. The SMILES string of the molecule is Cn1ccnc1C1CNCCN1C(=O)c1cnc(-c2ccccn2)s1. The molecule has 8 heteroatoms. The molecule has 3 aromatic rings. The van der Waals surface area contributed by atoms with E-state index in [-0.39, 0.29) is 11.9 Å². The largest absolute Gasteiger partial charge is 0.336 e. The van der Waals surface area contributed by atoms with Gasteiger partial charge in [0.15, 0.2) is 0 Å². The highest BCUT2D eigenvalue weighted by Gasteiger charge is 2.32. The minimum atomic E-state index is -0.0818. The number of nitrogens with one attached hydrogen (secondary N) is 1. The van der Waals surface area contributed by atoms with Gasteiger partial charge in [-0.25, -0.2) is 9.97 Å². The van der Waals surface area contributed by atoms with Crippen LogP contribution in [0.1, 0.15) is 21.5 Å². The fourth-order valence-electron chi connectivity index (χ4n) is 3.00. The maximum atomic E-state index is 13.1. The summed E-state index contributed by atoms with van der Waals surface area (Å²) in [6, 6.07) is 5.59. The van der Waals surface area contributed by atoms with Crippen molar-refractivity contribution < 1.29 is 4.79 Å². The number of hydrogen-bond donors (Lipinski definition) is 1. The number of aryl methyl sites for hydroxylation is 1. The van der Waals surface area contributed by atoms with Gasteiger partial charge in [-0.2, -0.15) is 0 Å². The topological polar surface area (TPSA) is 75.9 Å². The van der Waals surface area contributed by atoms with Gasteiger partial charge in [0.05, 0.1) is 11.9 Å². The smallest absolute Gasteiger partial charge is 0.266 e. The van der Waals surface area contributed by atoms with Crippen molar-refractivity contribution in [1.29, 1.82) is 0 Å². The molecule has 4 heterocycles. The molecule has 0 saturated carbocycles. The molecule has 1 amide bonds. The fourth-order valence-corrected chi connectivity index (χ4v) is 3.85. The Bertz CT molecular complexity index is 874. The number of hydrogen-bond acceptors (Lipinski definition) is 6. The average molecular weight is 354 g/mol. The number of piperazine rings is 1. The lowest BCUT2D eigenvalue weighted by molar-refractivity contribution is 0.0625. The summed E-state index contributed by atoms with van der Waals surface area (Å²) in [6.45, 7) is 2.12. The summed E-state index contributed by atoms with van der Waals surface area (Å²) >= 11 is 1.38. The van der Waals surface area contributed by atoms with Crippen LogP contribution in [0, 0.1) is 0 Å². The highest BCUT2D eigenvalue weighted by molar-refractivity contribution is 7.16. The van der Waals surface area contributed by atoms with Gasteiger partial charge in [0, 0.05) is 45.3 Å². The molecular formula is C17H18N6OS. The standard InChI is InChI=1S/C17H18N6OS/c1-22-8-7-20-15(22)13-10-18-6-9-23(13)17(24)14-11-21-16(25-14)12-4-2-3-5-19-12/h2-5,7-8,11,13,18H,6,9-10H2,1H3. The van der Waals surface area contributed by atoms with E-state index in [1.165, 1.54) is 11.3 Å². The molecule has 0 aromatic carbocycles. The lowest BCUT2D eigenvalue weighted by atomic mass is 10.1. The van der Waals surface area contributed by atoms with Crippen molar-refractivity contribution in [1.82, 2.24) is 29.7 Å². The van der Waals surface area contributed by atoms with E-state index in [0.29, 0.717) is 18.0 Å². The van der Waals surface area contributed by atoms with Crippen LogP contribution in [-0.2, 0) is 7.05 Å². The van der Waals surface area contributed by atoms with Crippen LogP contribution in [-0.4, -0.2) is 50.0 Å². The van der Waals surface area contributed by atoms with E-state index in [0.717, 1.165) is 23.1 Å². The van der Waals surface area contributed by atoms with Gasteiger partial charge in [-0.1, -0.05) is 6.07 Å². The second kappa shape index (κ2) is 6.73. The van der Waals surface area contributed by atoms with Crippen molar-refractivity contribution in [2.24, 2.45) is 7.05 Å². The molecule has 1 atom stereocenters.